The molecule has 0 unspecified atom stereocenters. The number of amides is 1. The van der Waals surface area contributed by atoms with Crippen molar-refractivity contribution in [2.75, 3.05) is 6.54 Å². The number of benzene rings is 1. The number of nitrogens with two attached hydrogens (primary N) is 1. The van der Waals surface area contributed by atoms with E-state index in [2.05, 4.69) is 17.5 Å². The van der Waals surface area contributed by atoms with Crippen LogP contribution in [0.25, 0.3) is 0 Å². The average Bonchev–Trinajstić information content (AvgIpc) is 2.18. The summed E-state index contributed by atoms with van der Waals surface area (Å²) < 4.78 is 0. The minimum absolute atomic E-state index is 0.0279. The summed E-state index contributed by atoms with van der Waals surface area (Å²) in [6.07, 6.45) is 0. The Labute approximate surface area is 97.0 Å². The first kappa shape index (κ1) is 11.7. The van der Waals surface area contributed by atoms with E-state index in [4.69, 9.17) is 17.3 Å². The van der Waals surface area contributed by atoms with Gasteiger partial charge in [0.25, 0.3) is 5.91 Å². The lowest BCUT2D eigenvalue weighted by atomic mass is 10.2. The summed E-state index contributed by atoms with van der Waals surface area (Å²) in [4.78, 5) is 11.7. The molecule has 0 aliphatic heterocycles. The van der Waals surface area contributed by atoms with Gasteiger partial charge in [0, 0.05) is 0 Å². The molecule has 0 heterocycles. The minimum Gasteiger partial charge on any atom is -0.508 e. The van der Waals surface area contributed by atoms with E-state index in [1.165, 1.54) is 18.2 Å². The molecule has 0 spiro atoms. The van der Waals surface area contributed by atoms with E-state index < -0.39 is 5.91 Å². The maximum absolute atomic E-state index is 11.5. The average molecular weight is 245 g/mol. The molecule has 0 fully saturated rings. The molecule has 1 amide bonds. The van der Waals surface area contributed by atoms with Gasteiger partial charge in [-0.2, -0.15) is 0 Å². The number of phenolic OH excluding ortho intramolecular Hbond substituents is 1. The van der Waals surface area contributed by atoms with Crippen molar-refractivity contribution in [2.45, 2.75) is 0 Å². The molecule has 6 heteroatoms. The molecular weight excluding hydrogens is 236 g/mol. The monoisotopic (exact) mass is 244 g/mol. The lowest BCUT2D eigenvalue weighted by Gasteiger charge is -2.05. The highest BCUT2D eigenvalue weighted by molar-refractivity contribution is 7.80. The third-order valence-corrected chi connectivity index (χ3v) is 2.09. The third kappa shape index (κ3) is 3.38. The maximum Gasteiger partial charge on any atom is 0.253 e. The molecule has 1 rings (SSSR count). The van der Waals surface area contributed by atoms with Crippen LogP contribution in [0.4, 0.5) is 0 Å². The van der Waals surface area contributed by atoms with E-state index in [0.717, 1.165) is 0 Å². The molecule has 0 saturated heterocycles. The fourth-order valence-corrected chi connectivity index (χ4v) is 1.23. The van der Waals surface area contributed by atoms with Crippen LogP contribution >= 0.6 is 23.8 Å². The van der Waals surface area contributed by atoms with E-state index in [1.807, 2.05) is 0 Å². The quantitative estimate of drug-likeness (QED) is 0.695. The number of rotatable bonds is 3. The Hall–Kier alpha value is -1.33. The fourth-order valence-electron chi connectivity index (χ4n) is 0.950. The van der Waals surface area contributed by atoms with Crippen LogP contribution in [0, 0.1) is 0 Å². The Morgan fingerprint density at radius 1 is 1.60 bits per heavy atom. The molecule has 0 atom stereocenters. The molecule has 0 aliphatic carbocycles. The number of thiocarbonyl (C=S) groups is 1. The molecule has 0 saturated carbocycles. The van der Waals surface area contributed by atoms with Crippen molar-refractivity contribution < 1.29 is 9.90 Å². The predicted molar refractivity (Wildman–Crippen MR) is 62.2 cm³/mol. The van der Waals surface area contributed by atoms with E-state index in [0.29, 0.717) is 0 Å². The second-order valence-electron chi connectivity index (χ2n) is 2.81. The summed E-state index contributed by atoms with van der Waals surface area (Å²) in [7, 11) is 0. The summed E-state index contributed by atoms with van der Waals surface area (Å²) in [6, 6.07) is 4.11. The van der Waals surface area contributed by atoms with Crippen molar-refractivity contribution in [3.05, 3.63) is 28.8 Å². The molecule has 0 bridgehead atoms. The first-order valence-corrected chi connectivity index (χ1v) is 4.84. The molecule has 80 valence electrons. The van der Waals surface area contributed by atoms with Crippen molar-refractivity contribution in [2.24, 2.45) is 5.73 Å². The van der Waals surface area contributed by atoms with Crippen LogP contribution in [0.1, 0.15) is 10.4 Å². The Bertz CT molecular complexity index is 409. The SMILES string of the molecule is NC(=S)CNC(=O)c1cc(O)ccc1Cl. The zero-order valence-corrected chi connectivity index (χ0v) is 9.23. The van der Waals surface area contributed by atoms with Crippen LogP contribution in [0.15, 0.2) is 18.2 Å². The van der Waals surface area contributed by atoms with Gasteiger partial charge in [-0.1, -0.05) is 23.8 Å². The van der Waals surface area contributed by atoms with Crippen LogP contribution in [0.5, 0.6) is 5.75 Å². The highest BCUT2D eigenvalue weighted by Crippen LogP contribution is 2.20. The highest BCUT2D eigenvalue weighted by Gasteiger charge is 2.10. The summed E-state index contributed by atoms with van der Waals surface area (Å²) in [5, 5.41) is 11.9. The first-order valence-electron chi connectivity index (χ1n) is 4.05. The van der Waals surface area contributed by atoms with Crippen LogP contribution in [-0.2, 0) is 0 Å². The van der Waals surface area contributed by atoms with E-state index in [-0.39, 0.29) is 27.9 Å². The van der Waals surface area contributed by atoms with Crippen molar-refractivity contribution in [1.82, 2.24) is 5.32 Å². The summed E-state index contributed by atoms with van der Waals surface area (Å²) >= 11 is 10.4. The number of hydrogen-bond donors (Lipinski definition) is 3. The largest absolute Gasteiger partial charge is 0.508 e. The van der Waals surface area contributed by atoms with Gasteiger partial charge in [0.2, 0.25) is 0 Å². The van der Waals surface area contributed by atoms with Gasteiger partial charge in [-0.25, -0.2) is 0 Å². The molecule has 4 nitrogen and oxygen atoms in total. The van der Waals surface area contributed by atoms with Crippen LogP contribution in [-0.4, -0.2) is 22.5 Å². The van der Waals surface area contributed by atoms with Gasteiger partial charge >= 0.3 is 0 Å². The molecule has 0 radical (unpaired) electrons. The lowest BCUT2D eigenvalue weighted by Crippen LogP contribution is -2.32. The zero-order chi connectivity index (χ0) is 11.4. The van der Waals surface area contributed by atoms with Crippen molar-refractivity contribution in [3.63, 3.8) is 0 Å². The highest BCUT2D eigenvalue weighted by atomic mass is 35.5. The van der Waals surface area contributed by atoms with Gasteiger partial charge in [0.1, 0.15) is 5.75 Å². The van der Waals surface area contributed by atoms with Gasteiger partial charge < -0.3 is 16.2 Å². The maximum atomic E-state index is 11.5. The number of phenols is 1. The number of carbonyl (C=O) groups is 1. The normalized spacial score (nSPS) is 9.67. The summed E-state index contributed by atoms with van der Waals surface area (Å²) in [5.41, 5.74) is 5.41. The molecule has 1 aromatic carbocycles. The van der Waals surface area contributed by atoms with Gasteiger partial charge in [-0.05, 0) is 18.2 Å². The second kappa shape index (κ2) is 4.95. The number of nitrogens with one attached hydrogen (secondary N) is 1. The van der Waals surface area contributed by atoms with Gasteiger partial charge in [0.05, 0.1) is 22.1 Å². The smallest absolute Gasteiger partial charge is 0.253 e. The summed E-state index contributed by atoms with van der Waals surface area (Å²) in [5.74, 6) is -0.455. The third-order valence-electron chi connectivity index (χ3n) is 1.62. The van der Waals surface area contributed by atoms with Crippen molar-refractivity contribution >= 4 is 34.7 Å². The zero-order valence-electron chi connectivity index (χ0n) is 7.66. The number of hydrogen-bond acceptors (Lipinski definition) is 3. The predicted octanol–water partition coefficient (Wildman–Crippen LogP) is 1.06. The first-order chi connectivity index (χ1) is 7.00. The van der Waals surface area contributed by atoms with E-state index in [9.17, 15) is 9.90 Å². The van der Waals surface area contributed by atoms with Gasteiger partial charge in [-0.15, -0.1) is 0 Å². The van der Waals surface area contributed by atoms with E-state index >= 15 is 0 Å². The standard InChI is InChI=1S/C9H9ClN2O2S/c10-7-2-1-5(13)3-6(7)9(14)12-4-8(11)15/h1-3,13H,4H2,(H2,11,15)(H,12,14). The number of halogens is 1. The Balaban J connectivity index is 2.81. The topological polar surface area (TPSA) is 75.3 Å². The summed E-state index contributed by atoms with van der Waals surface area (Å²) in [6.45, 7) is 0.0974. The molecule has 1 aromatic rings. The molecule has 0 aromatic heterocycles. The number of carbonyl (C=O) groups excluding carboxylic acids is 1. The van der Waals surface area contributed by atoms with Crippen LogP contribution < -0.4 is 11.1 Å². The van der Waals surface area contributed by atoms with Crippen LogP contribution in [0.3, 0.4) is 0 Å². The second-order valence-corrected chi connectivity index (χ2v) is 3.74. The van der Waals surface area contributed by atoms with Crippen molar-refractivity contribution in [1.29, 1.82) is 0 Å². The van der Waals surface area contributed by atoms with Gasteiger partial charge in [0.15, 0.2) is 0 Å². The Morgan fingerprint density at radius 2 is 2.27 bits per heavy atom. The molecule has 15 heavy (non-hydrogen) atoms. The minimum atomic E-state index is -0.427. The molecule has 4 N–H and O–H groups in total. The lowest BCUT2D eigenvalue weighted by molar-refractivity contribution is 0.0959. The molecular formula is C9H9ClN2O2S. The Kier molecular flexibility index (Phi) is 3.88. The Morgan fingerprint density at radius 3 is 2.87 bits per heavy atom. The van der Waals surface area contributed by atoms with E-state index in [1.54, 1.807) is 0 Å². The number of aromatic hydroxyl groups is 1. The fraction of sp³-hybridized carbons (Fsp3) is 0.111. The van der Waals surface area contributed by atoms with Crippen LogP contribution in [0.2, 0.25) is 5.02 Å². The molecule has 0 aliphatic rings. The van der Waals surface area contributed by atoms with Crippen molar-refractivity contribution in [3.8, 4) is 5.75 Å². The van der Waals surface area contributed by atoms with Gasteiger partial charge in [-0.3, -0.25) is 4.79 Å².